The van der Waals surface area contributed by atoms with Crippen molar-refractivity contribution in [1.82, 2.24) is 0 Å². The lowest BCUT2D eigenvalue weighted by molar-refractivity contribution is -0.121. The molecule has 21 heavy (non-hydrogen) atoms. The smallest absolute Gasteiger partial charge is 0.162 e. The van der Waals surface area contributed by atoms with E-state index in [9.17, 15) is 4.79 Å². The highest BCUT2D eigenvalue weighted by Gasteiger charge is 2.08. The van der Waals surface area contributed by atoms with E-state index in [1.807, 2.05) is 6.92 Å². The van der Waals surface area contributed by atoms with E-state index in [-0.39, 0.29) is 12.2 Å². The summed E-state index contributed by atoms with van der Waals surface area (Å²) in [4.78, 5) is 15.4. The van der Waals surface area contributed by atoms with Crippen molar-refractivity contribution in [3.63, 3.8) is 0 Å². The number of hydrogen-bond donors (Lipinski definition) is 1. The van der Waals surface area contributed by atoms with Gasteiger partial charge in [0, 0.05) is 19.7 Å². The minimum absolute atomic E-state index is 0.170. The van der Waals surface area contributed by atoms with Gasteiger partial charge in [0.25, 0.3) is 0 Å². The molecular formula is C18H25NO2. The number of aliphatic imine (C=N–C) groups is 1. The molecule has 0 saturated carbocycles. The van der Waals surface area contributed by atoms with Gasteiger partial charge in [-0.05, 0) is 55.9 Å². The molecule has 3 nitrogen and oxygen atoms in total. The molecule has 1 aromatic carbocycles. The van der Waals surface area contributed by atoms with Crippen molar-refractivity contribution in [2.75, 3.05) is 13.7 Å². The van der Waals surface area contributed by atoms with Gasteiger partial charge >= 0.3 is 0 Å². The summed E-state index contributed by atoms with van der Waals surface area (Å²) in [7, 11) is 1.70. The minimum atomic E-state index is -0.411. The first-order valence-corrected chi connectivity index (χ1v) is 7.28. The summed E-state index contributed by atoms with van der Waals surface area (Å²) >= 11 is 0. The Bertz CT molecular complexity index is 556. The standard InChI is InChI=1S/C18H25NO2/c1-13-6-5-7-16(15(13)3)9-8-14(2)17(11-19-4)10-18(21)12-20/h5-7,11,20H,8-10,12H2,1-4H3/b17-14+,19-11?. The number of carbonyl (C=O) groups is 1. The Morgan fingerprint density at radius 2 is 2.05 bits per heavy atom. The predicted molar refractivity (Wildman–Crippen MR) is 88.1 cm³/mol. The van der Waals surface area contributed by atoms with Crippen LogP contribution in [0.5, 0.6) is 0 Å². The summed E-state index contributed by atoms with van der Waals surface area (Å²) in [5.41, 5.74) is 6.06. The van der Waals surface area contributed by atoms with Crippen LogP contribution >= 0.6 is 0 Å². The molecule has 0 aliphatic carbocycles. The zero-order valence-corrected chi connectivity index (χ0v) is 13.4. The third kappa shape index (κ3) is 5.27. The molecule has 0 aliphatic rings. The molecule has 3 heteroatoms. The SMILES string of the molecule is CN=C/C(CC(=O)CO)=C(\C)CCc1cccc(C)c1C. The second kappa shape index (κ2) is 8.53. The number of benzene rings is 1. The normalized spacial score (nSPS) is 12.6. The lowest BCUT2D eigenvalue weighted by Crippen LogP contribution is -2.07. The van der Waals surface area contributed by atoms with Gasteiger partial charge in [0.2, 0.25) is 0 Å². The lowest BCUT2D eigenvalue weighted by Gasteiger charge is -2.11. The van der Waals surface area contributed by atoms with Gasteiger partial charge in [-0.2, -0.15) is 0 Å². The van der Waals surface area contributed by atoms with Crippen molar-refractivity contribution < 1.29 is 9.90 Å². The molecule has 0 atom stereocenters. The van der Waals surface area contributed by atoms with Crippen molar-refractivity contribution in [2.24, 2.45) is 4.99 Å². The van der Waals surface area contributed by atoms with E-state index in [0.717, 1.165) is 24.0 Å². The van der Waals surface area contributed by atoms with E-state index in [1.54, 1.807) is 13.3 Å². The topological polar surface area (TPSA) is 49.7 Å². The molecule has 0 radical (unpaired) electrons. The van der Waals surface area contributed by atoms with Crippen molar-refractivity contribution in [2.45, 2.75) is 40.0 Å². The molecule has 0 aliphatic heterocycles. The first-order chi connectivity index (χ1) is 9.99. The Hall–Kier alpha value is -1.74. The van der Waals surface area contributed by atoms with Crippen LogP contribution in [0.1, 0.15) is 36.5 Å². The maximum absolute atomic E-state index is 11.4. The zero-order valence-electron chi connectivity index (χ0n) is 13.4. The Kier molecular flexibility index (Phi) is 7.03. The number of hydrogen-bond acceptors (Lipinski definition) is 3. The van der Waals surface area contributed by atoms with Crippen LogP contribution in [-0.4, -0.2) is 30.8 Å². The molecule has 1 rings (SSSR count). The molecule has 0 saturated heterocycles. The number of allylic oxidation sites excluding steroid dienone is 2. The van der Waals surface area contributed by atoms with Gasteiger partial charge in [0.05, 0.1) is 0 Å². The third-order valence-electron chi connectivity index (χ3n) is 3.88. The molecule has 1 aromatic rings. The second-order valence-corrected chi connectivity index (χ2v) is 5.43. The second-order valence-electron chi connectivity index (χ2n) is 5.43. The van der Waals surface area contributed by atoms with Gasteiger partial charge in [-0.1, -0.05) is 23.8 Å². The highest BCUT2D eigenvalue weighted by Crippen LogP contribution is 2.19. The number of aliphatic hydroxyl groups is 1. The van der Waals surface area contributed by atoms with Gasteiger partial charge in [-0.3, -0.25) is 9.79 Å². The van der Waals surface area contributed by atoms with Crippen molar-refractivity contribution in [3.05, 3.63) is 46.0 Å². The number of aryl methyl sites for hydroxylation is 2. The fraction of sp³-hybridized carbons (Fsp3) is 0.444. The van der Waals surface area contributed by atoms with Crippen LogP contribution in [0, 0.1) is 13.8 Å². The molecule has 0 heterocycles. The van der Waals surface area contributed by atoms with Crippen LogP contribution < -0.4 is 0 Å². The van der Waals surface area contributed by atoms with Crippen molar-refractivity contribution >= 4 is 12.0 Å². The number of ketones is 1. The average molecular weight is 287 g/mol. The predicted octanol–water partition coefficient (Wildman–Crippen LogP) is 3.20. The zero-order chi connectivity index (χ0) is 15.8. The van der Waals surface area contributed by atoms with Crippen molar-refractivity contribution in [1.29, 1.82) is 0 Å². The minimum Gasteiger partial charge on any atom is -0.389 e. The van der Waals surface area contributed by atoms with Crippen LogP contribution in [0.3, 0.4) is 0 Å². The first kappa shape index (κ1) is 17.3. The Balaban J connectivity index is 2.84. The van der Waals surface area contributed by atoms with Crippen LogP contribution in [0.4, 0.5) is 0 Å². The molecule has 0 unspecified atom stereocenters. The fourth-order valence-electron chi connectivity index (χ4n) is 2.30. The summed E-state index contributed by atoms with van der Waals surface area (Å²) < 4.78 is 0. The summed E-state index contributed by atoms with van der Waals surface area (Å²) in [5.74, 6) is -0.170. The maximum Gasteiger partial charge on any atom is 0.162 e. The van der Waals surface area contributed by atoms with E-state index in [0.29, 0.717) is 0 Å². The third-order valence-corrected chi connectivity index (χ3v) is 3.88. The summed E-state index contributed by atoms with van der Waals surface area (Å²) in [6.07, 6.45) is 3.83. The molecule has 0 aromatic heterocycles. The van der Waals surface area contributed by atoms with E-state index in [2.05, 4.69) is 37.0 Å². The van der Waals surface area contributed by atoms with Gasteiger partial charge < -0.3 is 5.11 Å². The largest absolute Gasteiger partial charge is 0.389 e. The van der Waals surface area contributed by atoms with Crippen LogP contribution in [0.15, 0.2) is 34.3 Å². The van der Waals surface area contributed by atoms with Crippen molar-refractivity contribution in [3.8, 4) is 0 Å². The summed E-state index contributed by atoms with van der Waals surface area (Å²) in [5, 5.41) is 8.89. The van der Waals surface area contributed by atoms with Gasteiger partial charge in [0.1, 0.15) is 6.61 Å². The molecule has 114 valence electrons. The lowest BCUT2D eigenvalue weighted by atomic mass is 9.95. The Morgan fingerprint density at radius 1 is 1.33 bits per heavy atom. The van der Waals surface area contributed by atoms with Gasteiger partial charge in [0.15, 0.2) is 5.78 Å². The maximum atomic E-state index is 11.4. The van der Waals surface area contributed by atoms with Gasteiger partial charge in [-0.25, -0.2) is 0 Å². The highest BCUT2D eigenvalue weighted by molar-refractivity contribution is 5.91. The monoisotopic (exact) mass is 287 g/mol. The number of Topliss-reactive ketones (excluding diaryl/α,β-unsaturated/α-hetero) is 1. The highest BCUT2D eigenvalue weighted by atomic mass is 16.3. The summed E-state index contributed by atoms with van der Waals surface area (Å²) in [6.45, 7) is 5.89. The summed E-state index contributed by atoms with van der Waals surface area (Å²) in [6, 6.07) is 6.36. The molecule has 0 fully saturated rings. The van der Waals surface area contributed by atoms with Crippen LogP contribution in [0.2, 0.25) is 0 Å². The van der Waals surface area contributed by atoms with Crippen LogP contribution in [-0.2, 0) is 11.2 Å². The van der Waals surface area contributed by atoms with E-state index >= 15 is 0 Å². The molecular weight excluding hydrogens is 262 g/mol. The number of rotatable bonds is 7. The molecule has 0 bridgehead atoms. The van der Waals surface area contributed by atoms with Crippen LogP contribution in [0.25, 0.3) is 0 Å². The number of aliphatic hydroxyl groups excluding tert-OH is 1. The average Bonchev–Trinajstić information content (AvgIpc) is 2.47. The first-order valence-electron chi connectivity index (χ1n) is 7.28. The molecule has 0 amide bonds. The fourth-order valence-corrected chi connectivity index (χ4v) is 2.30. The number of nitrogens with zero attached hydrogens (tertiary/aromatic N) is 1. The Morgan fingerprint density at radius 3 is 2.67 bits per heavy atom. The quantitative estimate of drug-likeness (QED) is 0.783. The molecule has 0 spiro atoms. The number of carbonyl (C=O) groups excluding carboxylic acids is 1. The van der Waals surface area contributed by atoms with E-state index < -0.39 is 6.61 Å². The van der Waals surface area contributed by atoms with E-state index in [4.69, 9.17) is 5.11 Å². The Labute approximate surface area is 127 Å². The van der Waals surface area contributed by atoms with Gasteiger partial charge in [-0.15, -0.1) is 0 Å². The molecule has 1 N–H and O–H groups in total. The van der Waals surface area contributed by atoms with E-state index in [1.165, 1.54) is 16.7 Å².